The lowest BCUT2D eigenvalue weighted by Gasteiger charge is -2.14. The molecule has 0 aliphatic rings. The van der Waals surface area contributed by atoms with E-state index in [2.05, 4.69) is 13.8 Å². The van der Waals surface area contributed by atoms with Crippen LogP contribution in [0.5, 0.6) is 17.2 Å². The Morgan fingerprint density at radius 1 is 0.857 bits per heavy atom. The number of aliphatic carboxylic acids is 1. The van der Waals surface area contributed by atoms with Gasteiger partial charge in [-0.1, -0.05) is 45.2 Å². The van der Waals surface area contributed by atoms with Crippen molar-refractivity contribution in [3.05, 3.63) is 59.1 Å². The number of hydrogen-bond acceptors (Lipinski definition) is 5. The highest BCUT2D eigenvalue weighted by molar-refractivity contribution is 5.90. The summed E-state index contributed by atoms with van der Waals surface area (Å²) < 4.78 is 36.9. The standard InChI is InChI=1S/C28H37FO6/c1-4-7-9-16-33-24-12-10-21(18-23(24)29)14-17-35-25-13-11-22(19-26(25)34-15-8-5-2)20-27(28(30)31)32-6-3/h10-13,18-20H,4-9,14-17H2,1-3H3,(H,30,31). The first-order valence-electron chi connectivity index (χ1n) is 12.4. The highest BCUT2D eigenvalue weighted by Gasteiger charge is 2.12. The molecule has 0 atom stereocenters. The van der Waals surface area contributed by atoms with E-state index in [4.69, 9.17) is 18.9 Å². The van der Waals surface area contributed by atoms with Crippen molar-refractivity contribution in [1.29, 1.82) is 0 Å². The van der Waals surface area contributed by atoms with Crippen molar-refractivity contribution >= 4 is 12.0 Å². The molecule has 1 N–H and O–H groups in total. The average molecular weight is 489 g/mol. The smallest absolute Gasteiger partial charge is 0.371 e. The predicted molar refractivity (Wildman–Crippen MR) is 135 cm³/mol. The predicted octanol–water partition coefficient (Wildman–Crippen LogP) is 6.66. The molecule has 0 amide bonds. The summed E-state index contributed by atoms with van der Waals surface area (Å²) in [6.45, 7) is 7.52. The first kappa shape index (κ1) is 28.0. The van der Waals surface area contributed by atoms with E-state index in [-0.39, 0.29) is 23.9 Å². The molecule has 2 rings (SSSR count). The van der Waals surface area contributed by atoms with E-state index >= 15 is 0 Å². The van der Waals surface area contributed by atoms with Gasteiger partial charge in [0.05, 0.1) is 26.4 Å². The van der Waals surface area contributed by atoms with Crippen LogP contribution in [0.15, 0.2) is 42.2 Å². The minimum absolute atomic E-state index is 0.138. The van der Waals surface area contributed by atoms with E-state index < -0.39 is 5.97 Å². The molecule has 7 heteroatoms. The third-order valence-electron chi connectivity index (χ3n) is 5.18. The molecule has 0 aliphatic heterocycles. The van der Waals surface area contributed by atoms with Gasteiger partial charge in [-0.3, -0.25) is 0 Å². The maximum absolute atomic E-state index is 14.4. The molecule has 0 heterocycles. The van der Waals surface area contributed by atoms with E-state index in [1.165, 1.54) is 12.1 Å². The van der Waals surface area contributed by atoms with Crippen molar-refractivity contribution < 1.29 is 33.2 Å². The highest BCUT2D eigenvalue weighted by atomic mass is 19.1. The van der Waals surface area contributed by atoms with Gasteiger partial charge >= 0.3 is 5.97 Å². The summed E-state index contributed by atoms with van der Waals surface area (Å²) in [5.41, 5.74) is 1.44. The summed E-state index contributed by atoms with van der Waals surface area (Å²) in [6, 6.07) is 10.2. The minimum atomic E-state index is -1.13. The quantitative estimate of drug-likeness (QED) is 0.153. The number of carboxylic acid groups (broad SMARTS) is 1. The van der Waals surface area contributed by atoms with Gasteiger partial charge in [0.25, 0.3) is 0 Å². The number of rotatable bonds is 17. The van der Waals surface area contributed by atoms with Gasteiger partial charge < -0.3 is 24.1 Å². The van der Waals surface area contributed by atoms with E-state index in [0.29, 0.717) is 43.3 Å². The van der Waals surface area contributed by atoms with Crippen molar-refractivity contribution in [3.8, 4) is 17.2 Å². The van der Waals surface area contributed by atoms with Gasteiger partial charge in [0.1, 0.15) is 0 Å². The number of benzene rings is 2. The molecule has 0 saturated carbocycles. The van der Waals surface area contributed by atoms with Crippen LogP contribution in [0.4, 0.5) is 4.39 Å². The van der Waals surface area contributed by atoms with Gasteiger partial charge in [0.15, 0.2) is 23.1 Å². The van der Waals surface area contributed by atoms with E-state index in [1.54, 1.807) is 31.2 Å². The number of halogens is 1. The minimum Gasteiger partial charge on any atom is -0.491 e. The maximum Gasteiger partial charge on any atom is 0.371 e. The van der Waals surface area contributed by atoms with Crippen LogP contribution in [0.3, 0.4) is 0 Å². The molecule has 0 radical (unpaired) electrons. The maximum atomic E-state index is 14.4. The first-order chi connectivity index (χ1) is 17.0. The Hall–Kier alpha value is -3.22. The molecular formula is C28H37FO6. The Balaban J connectivity index is 2.05. The number of hydrogen-bond donors (Lipinski definition) is 1. The van der Waals surface area contributed by atoms with Gasteiger partial charge in [-0.2, -0.15) is 0 Å². The van der Waals surface area contributed by atoms with Crippen LogP contribution < -0.4 is 14.2 Å². The highest BCUT2D eigenvalue weighted by Crippen LogP contribution is 2.30. The van der Waals surface area contributed by atoms with Crippen LogP contribution in [0.1, 0.15) is 64.0 Å². The van der Waals surface area contributed by atoms with Gasteiger partial charge in [0.2, 0.25) is 5.76 Å². The number of carboxylic acids is 1. The van der Waals surface area contributed by atoms with Gasteiger partial charge in [-0.25, -0.2) is 9.18 Å². The number of carbonyl (C=O) groups is 1. The second-order valence-electron chi connectivity index (χ2n) is 8.07. The van der Waals surface area contributed by atoms with Gasteiger partial charge in [-0.05, 0) is 61.2 Å². The molecule has 35 heavy (non-hydrogen) atoms. The molecule has 192 valence electrons. The molecule has 0 saturated heterocycles. The van der Waals surface area contributed by atoms with Crippen LogP contribution in [0.2, 0.25) is 0 Å². The fourth-order valence-corrected chi connectivity index (χ4v) is 3.27. The van der Waals surface area contributed by atoms with Crippen LogP contribution in [0, 0.1) is 5.82 Å². The van der Waals surface area contributed by atoms with Gasteiger partial charge in [0, 0.05) is 6.42 Å². The average Bonchev–Trinajstić information content (AvgIpc) is 2.84. The molecule has 0 spiro atoms. The molecule has 0 unspecified atom stereocenters. The second kappa shape index (κ2) is 15.6. The fraction of sp³-hybridized carbons (Fsp3) is 0.464. The fourth-order valence-electron chi connectivity index (χ4n) is 3.27. The lowest BCUT2D eigenvalue weighted by atomic mass is 10.1. The summed E-state index contributed by atoms with van der Waals surface area (Å²) >= 11 is 0. The SMILES string of the molecule is CCCCCOc1ccc(CCOc2ccc(C=C(OCC)C(=O)O)cc2OCCCC)cc1F. The number of unbranched alkanes of at least 4 members (excludes halogenated alkanes) is 3. The van der Waals surface area contributed by atoms with Crippen LogP contribution in [-0.2, 0) is 16.0 Å². The summed E-state index contributed by atoms with van der Waals surface area (Å²) in [7, 11) is 0. The van der Waals surface area contributed by atoms with Crippen LogP contribution >= 0.6 is 0 Å². The zero-order valence-electron chi connectivity index (χ0n) is 21.0. The molecule has 6 nitrogen and oxygen atoms in total. The Bertz CT molecular complexity index is 956. The number of ether oxygens (including phenoxy) is 4. The van der Waals surface area contributed by atoms with Crippen molar-refractivity contribution in [2.75, 3.05) is 26.4 Å². The molecular weight excluding hydrogens is 451 g/mol. The molecule has 2 aromatic carbocycles. The van der Waals surface area contributed by atoms with E-state index in [1.807, 2.05) is 6.07 Å². The summed E-state index contributed by atoms with van der Waals surface area (Å²) in [4.78, 5) is 11.4. The Morgan fingerprint density at radius 2 is 1.54 bits per heavy atom. The van der Waals surface area contributed by atoms with E-state index in [9.17, 15) is 14.3 Å². The van der Waals surface area contributed by atoms with E-state index in [0.717, 1.165) is 37.7 Å². The van der Waals surface area contributed by atoms with Crippen molar-refractivity contribution in [2.24, 2.45) is 0 Å². The van der Waals surface area contributed by atoms with Crippen LogP contribution in [-0.4, -0.2) is 37.5 Å². The second-order valence-corrected chi connectivity index (χ2v) is 8.07. The zero-order valence-corrected chi connectivity index (χ0v) is 21.0. The van der Waals surface area contributed by atoms with Crippen molar-refractivity contribution in [2.45, 2.75) is 59.3 Å². The van der Waals surface area contributed by atoms with Crippen molar-refractivity contribution in [3.63, 3.8) is 0 Å². The van der Waals surface area contributed by atoms with Crippen molar-refractivity contribution in [1.82, 2.24) is 0 Å². The monoisotopic (exact) mass is 488 g/mol. The first-order valence-corrected chi connectivity index (χ1v) is 12.4. The summed E-state index contributed by atoms with van der Waals surface area (Å²) in [6.07, 6.45) is 6.88. The third-order valence-corrected chi connectivity index (χ3v) is 5.18. The molecule has 2 aromatic rings. The Morgan fingerprint density at radius 3 is 2.23 bits per heavy atom. The Labute approximate surface area is 207 Å². The molecule has 0 bridgehead atoms. The molecule has 0 aliphatic carbocycles. The molecule has 0 aromatic heterocycles. The Kier molecular flexibility index (Phi) is 12.5. The third kappa shape index (κ3) is 9.89. The van der Waals surface area contributed by atoms with Gasteiger partial charge in [-0.15, -0.1) is 0 Å². The largest absolute Gasteiger partial charge is 0.491 e. The zero-order chi connectivity index (χ0) is 25.5. The normalized spacial score (nSPS) is 11.3. The topological polar surface area (TPSA) is 74.2 Å². The van der Waals surface area contributed by atoms with Crippen LogP contribution in [0.25, 0.3) is 6.08 Å². The summed E-state index contributed by atoms with van der Waals surface area (Å²) in [5, 5.41) is 9.30. The summed E-state index contributed by atoms with van der Waals surface area (Å²) in [5.74, 6) is -0.305. The molecule has 0 fully saturated rings. The lowest BCUT2D eigenvalue weighted by Crippen LogP contribution is -2.06. The lowest BCUT2D eigenvalue weighted by molar-refractivity contribution is -0.136.